The summed E-state index contributed by atoms with van der Waals surface area (Å²) >= 11 is 5.84. The Kier molecular flexibility index (Phi) is 5.60. The highest BCUT2D eigenvalue weighted by Gasteiger charge is 2.07. The van der Waals surface area contributed by atoms with Gasteiger partial charge in [0.15, 0.2) is 12.4 Å². The van der Waals surface area contributed by atoms with E-state index in [-0.39, 0.29) is 6.61 Å². The van der Waals surface area contributed by atoms with E-state index in [4.69, 9.17) is 20.9 Å². The van der Waals surface area contributed by atoms with E-state index >= 15 is 0 Å². The molecule has 6 nitrogen and oxygen atoms in total. The SMILES string of the molecule is O=C(/C=N/OCc1ncc(-c2ccc(Cl)cc2)o1)Nc1cccc(F)c1. The highest BCUT2D eigenvalue weighted by Crippen LogP contribution is 2.22. The van der Waals surface area contributed by atoms with Gasteiger partial charge in [-0.1, -0.05) is 22.8 Å². The van der Waals surface area contributed by atoms with E-state index in [2.05, 4.69) is 15.5 Å². The number of aromatic nitrogens is 1. The van der Waals surface area contributed by atoms with Gasteiger partial charge in [0.05, 0.1) is 6.20 Å². The normalized spacial score (nSPS) is 10.8. The van der Waals surface area contributed by atoms with Crippen molar-refractivity contribution in [3.8, 4) is 11.3 Å². The van der Waals surface area contributed by atoms with Gasteiger partial charge in [0.25, 0.3) is 5.91 Å². The number of halogens is 2. The number of oxime groups is 1. The first-order valence-corrected chi connectivity index (χ1v) is 7.90. The maximum Gasteiger partial charge on any atom is 0.270 e. The number of hydrogen-bond acceptors (Lipinski definition) is 5. The Morgan fingerprint density at radius 1 is 1.31 bits per heavy atom. The Hall–Kier alpha value is -3.19. The van der Waals surface area contributed by atoms with Crippen LogP contribution in [0.5, 0.6) is 0 Å². The fourth-order valence-electron chi connectivity index (χ4n) is 2.04. The van der Waals surface area contributed by atoms with Crippen molar-refractivity contribution in [3.63, 3.8) is 0 Å². The number of oxazole rings is 1. The summed E-state index contributed by atoms with van der Waals surface area (Å²) < 4.78 is 18.6. The van der Waals surface area contributed by atoms with Crippen molar-refractivity contribution in [2.45, 2.75) is 6.61 Å². The summed E-state index contributed by atoms with van der Waals surface area (Å²) in [6.07, 6.45) is 2.50. The maximum atomic E-state index is 13.0. The molecule has 3 rings (SSSR count). The van der Waals surface area contributed by atoms with Crippen LogP contribution < -0.4 is 5.32 Å². The topological polar surface area (TPSA) is 76.7 Å². The van der Waals surface area contributed by atoms with Crippen LogP contribution in [-0.4, -0.2) is 17.1 Å². The number of amides is 1. The lowest BCUT2D eigenvalue weighted by Crippen LogP contribution is -2.12. The second kappa shape index (κ2) is 8.26. The third kappa shape index (κ3) is 4.90. The molecule has 0 spiro atoms. The van der Waals surface area contributed by atoms with Gasteiger partial charge in [0.1, 0.15) is 12.0 Å². The van der Waals surface area contributed by atoms with Crippen LogP contribution in [-0.2, 0) is 16.2 Å². The van der Waals surface area contributed by atoms with Crippen LogP contribution in [0.15, 0.2) is 64.3 Å². The van der Waals surface area contributed by atoms with Crippen LogP contribution in [0, 0.1) is 5.82 Å². The van der Waals surface area contributed by atoms with Crippen LogP contribution in [0.25, 0.3) is 11.3 Å². The third-order valence-electron chi connectivity index (χ3n) is 3.21. The summed E-state index contributed by atoms with van der Waals surface area (Å²) in [5.41, 5.74) is 1.15. The average Bonchev–Trinajstić information content (AvgIpc) is 3.08. The zero-order chi connectivity index (χ0) is 18.4. The minimum absolute atomic E-state index is 0.0443. The fraction of sp³-hybridized carbons (Fsp3) is 0.0556. The molecule has 0 aliphatic rings. The van der Waals surface area contributed by atoms with Gasteiger partial charge in [-0.3, -0.25) is 4.79 Å². The minimum atomic E-state index is -0.551. The van der Waals surface area contributed by atoms with Crippen molar-refractivity contribution < 1.29 is 18.4 Å². The van der Waals surface area contributed by atoms with Crippen LogP contribution >= 0.6 is 11.6 Å². The van der Waals surface area contributed by atoms with E-state index in [0.717, 1.165) is 11.8 Å². The lowest BCUT2D eigenvalue weighted by Gasteiger charge is -2.01. The van der Waals surface area contributed by atoms with Gasteiger partial charge in [-0.05, 0) is 42.5 Å². The van der Waals surface area contributed by atoms with E-state index < -0.39 is 11.7 Å². The van der Waals surface area contributed by atoms with Gasteiger partial charge in [0.2, 0.25) is 5.89 Å². The first-order chi connectivity index (χ1) is 12.6. The van der Waals surface area contributed by atoms with Gasteiger partial charge < -0.3 is 14.6 Å². The molecule has 3 aromatic rings. The smallest absolute Gasteiger partial charge is 0.270 e. The predicted molar refractivity (Wildman–Crippen MR) is 95.3 cm³/mol. The number of nitrogens with one attached hydrogen (secondary N) is 1. The third-order valence-corrected chi connectivity index (χ3v) is 3.46. The summed E-state index contributed by atoms with van der Waals surface area (Å²) in [4.78, 5) is 20.7. The molecule has 0 unspecified atom stereocenters. The molecule has 0 saturated heterocycles. The summed E-state index contributed by atoms with van der Waals surface area (Å²) in [7, 11) is 0. The zero-order valence-corrected chi connectivity index (χ0v) is 14.1. The molecule has 0 fully saturated rings. The molecule has 0 atom stereocenters. The van der Waals surface area contributed by atoms with Crippen molar-refractivity contribution in [2.24, 2.45) is 5.16 Å². The number of benzene rings is 2. The summed E-state index contributed by atoms with van der Waals surface area (Å²) in [5, 5.41) is 6.61. The Labute approximate surface area is 153 Å². The summed E-state index contributed by atoms with van der Waals surface area (Å²) in [6, 6.07) is 12.6. The fourth-order valence-corrected chi connectivity index (χ4v) is 2.17. The standard InChI is InChI=1S/C18H13ClFN3O3/c19-13-6-4-12(5-7-13)16-9-21-18(26-16)11-25-22-10-17(24)23-15-3-1-2-14(20)8-15/h1-10H,11H2,(H,23,24)/b22-10+. The van der Waals surface area contributed by atoms with Crippen molar-refractivity contribution in [1.82, 2.24) is 4.98 Å². The molecule has 1 aromatic heterocycles. The molecule has 26 heavy (non-hydrogen) atoms. The number of carbonyl (C=O) groups excluding carboxylic acids is 1. The molecule has 2 aromatic carbocycles. The molecule has 1 N–H and O–H groups in total. The van der Waals surface area contributed by atoms with Crippen molar-refractivity contribution >= 4 is 29.4 Å². The first-order valence-electron chi connectivity index (χ1n) is 7.53. The molecule has 0 saturated carbocycles. The van der Waals surface area contributed by atoms with Crippen LogP contribution in [0.1, 0.15) is 5.89 Å². The largest absolute Gasteiger partial charge is 0.437 e. The number of nitrogens with zero attached hydrogens (tertiary/aromatic N) is 2. The lowest BCUT2D eigenvalue weighted by molar-refractivity contribution is -0.110. The number of carbonyl (C=O) groups is 1. The van der Waals surface area contributed by atoms with Crippen LogP contribution in [0.4, 0.5) is 10.1 Å². The molecule has 0 aliphatic carbocycles. The molecular formula is C18H13ClFN3O3. The van der Waals surface area contributed by atoms with Crippen LogP contribution in [0.2, 0.25) is 5.02 Å². The Bertz CT molecular complexity index is 925. The lowest BCUT2D eigenvalue weighted by atomic mass is 10.2. The number of anilines is 1. The van der Waals surface area contributed by atoms with Crippen molar-refractivity contribution in [1.29, 1.82) is 0 Å². The summed E-state index contributed by atoms with van der Waals surface area (Å²) in [6.45, 7) is -0.0443. The molecule has 0 aliphatic heterocycles. The van der Waals surface area contributed by atoms with E-state index in [1.807, 2.05) is 12.1 Å². The first kappa shape index (κ1) is 17.6. The number of rotatable bonds is 6. The quantitative estimate of drug-likeness (QED) is 0.517. The Balaban J connectivity index is 1.49. The zero-order valence-electron chi connectivity index (χ0n) is 13.4. The van der Waals surface area contributed by atoms with Gasteiger partial charge in [-0.25, -0.2) is 9.37 Å². The van der Waals surface area contributed by atoms with Crippen molar-refractivity contribution in [2.75, 3.05) is 5.32 Å². The monoisotopic (exact) mass is 373 g/mol. The van der Waals surface area contributed by atoms with Crippen LogP contribution in [0.3, 0.4) is 0 Å². The molecule has 1 heterocycles. The van der Waals surface area contributed by atoms with Gasteiger partial charge in [0, 0.05) is 16.3 Å². The average molecular weight is 374 g/mol. The molecule has 0 radical (unpaired) electrons. The van der Waals surface area contributed by atoms with Gasteiger partial charge in [-0.2, -0.15) is 0 Å². The second-order valence-corrected chi connectivity index (χ2v) is 5.57. The maximum absolute atomic E-state index is 13.0. The second-order valence-electron chi connectivity index (χ2n) is 5.13. The molecular weight excluding hydrogens is 361 g/mol. The molecule has 132 valence electrons. The highest BCUT2D eigenvalue weighted by molar-refractivity contribution is 6.31. The summed E-state index contributed by atoms with van der Waals surface area (Å²) in [5.74, 6) is -0.132. The Morgan fingerprint density at radius 3 is 2.88 bits per heavy atom. The molecule has 0 bridgehead atoms. The van der Waals surface area contributed by atoms with Crippen molar-refractivity contribution in [3.05, 3.63) is 71.5 Å². The van der Waals surface area contributed by atoms with E-state index in [1.165, 1.54) is 18.2 Å². The minimum Gasteiger partial charge on any atom is -0.437 e. The van der Waals surface area contributed by atoms with E-state index in [0.29, 0.717) is 22.4 Å². The van der Waals surface area contributed by atoms with E-state index in [9.17, 15) is 9.18 Å². The van der Waals surface area contributed by atoms with Gasteiger partial charge in [-0.15, -0.1) is 0 Å². The highest BCUT2D eigenvalue weighted by atomic mass is 35.5. The molecule has 8 heteroatoms. The predicted octanol–water partition coefficient (Wildman–Crippen LogP) is 4.28. The van der Waals surface area contributed by atoms with Gasteiger partial charge >= 0.3 is 0 Å². The van der Waals surface area contributed by atoms with E-state index in [1.54, 1.807) is 24.4 Å². The Morgan fingerprint density at radius 2 is 2.12 bits per heavy atom. The number of hydrogen-bond donors (Lipinski definition) is 1. The molecule has 1 amide bonds.